The summed E-state index contributed by atoms with van der Waals surface area (Å²) in [6.07, 6.45) is 0.287. The van der Waals surface area contributed by atoms with Crippen molar-refractivity contribution in [2.45, 2.75) is 20.8 Å². The fourth-order valence-corrected chi connectivity index (χ4v) is 7.48. The Balaban J connectivity index is 1.84. The summed E-state index contributed by atoms with van der Waals surface area (Å²) in [6, 6.07) is 11.1. The molecule has 1 fully saturated rings. The van der Waals surface area contributed by atoms with Crippen molar-refractivity contribution in [2.75, 3.05) is 13.1 Å². The Labute approximate surface area is 144 Å². The largest absolute Gasteiger partial charge is 0.252 e. The summed E-state index contributed by atoms with van der Waals surface area (Å²) in [5, 5.41) is -0.727. The van der Waals surface area contributed by atoms with E-state index in [1.807, 2.05) is 0 Å². The number of sulfonamides is 1. The van der Waals surface area contributed by atoms with Crippen LogP contribution in [0, 0.1) is 0 Å². The van der Waals surface area contributed by atoms with Gasteiger partial charge in [-0.3, -0.25) is 0 Å². The third kappa shape index (κ3) is 3.18. The second-order valence-corrected chi connectivity index (χ2v) is 11.3. The van der Waals surface area contributed by atoms with E-state index >= 15 is 0 Å². The van der Waals surface area contributed by atoms with E-state index in [4.69, 9.17) is 11.6 Å². The van der Waals surface area contributed by atoms with Crippen LogP contribution in [0.15, 0.2) is 51.6 Å². The van der Waals surface area contributed by atoms with E-state index in [1.54, 1.807) is 18.2 Å². The van der Waals surface area contributed by atoms with E-state index < -0.39 is 25.1 Å². The molecule has 9 heteroatoms. The second-order valence-electron chi connectivity index (χ2n) is 5.19. The van der Waals surface area contributed by atoms with E-state index in [-0.39, 0.29) is 28.6 Å². The molecule has 1 aliphatic heterocycles. The number of rotatable bonds is 4. The molecule has 0 aliphatic carbocycles. The minimum absolute atomic E-state index is 0.0327. The third-order valence-corrected chi connectivity index (χ3v) is 9.52. The molecule has 0 radical (unpaired) electrons. The Morgan fingerprint density at radius 2 is 1.74 bits per heavy atom. The number of hydrogen-bond donors (Lipinski definition) is 0. The van der Waals surface area contributed by atoms with Crippen LogP contribution in [-0.2, 0) is 19.9 Å². The first kappa shape index (κ1) is 16.9. The van der Waals surface area contributed by atoms with Gasteiger partial charge in [-0.15, -0.1) is 11.3 Å². The van der Waals surface area contributed by atoms with Gasteiger partial charge in [-0.05, 0) is 30.7 Å². The van der Waals surface area contributed by atoms with E-state index in [1.165, 1.54) is 28.6 Å². The fourth-order valence-electron chi connectivity index (χ4n) is 2.54. The minimum atomic E-state index is -3.69. The molecule has 1 aliphatic rings. The first-order valence-corrected chi connectivity index (χ1v) is 11.0. The second kappa shape index (κ2) is 6.18. The molecule has 3 rings (SSSR count). The topological polar surface area (TPSA) is 71.5 Å². The lowest BCUT2D eigenvalue weighted by molar-refractivity contribution is 0.478. The summed E-state index contributed by atoms with van der Waals surface area (Å²) in [4.78, 5) is 0.225. The molecular formula is C14H14ClNO4S3. The van der Waals surface area contributed by atoms with Gasteiger partial charge in [-0.2, -0.15) is 4.31 Å². The molecule has 1 aromatic carbocycles. The molecule has 124 valence electrons. The van der Waals surface area contributed by atoms with Crippen LogP contribution in [0.1, 0.15) is 6.42 Å². The third-order valence-electron chi connectivity index (χ3n) is 3.76. The first-order chi connectivity index (χ1) is 10.8. The van der Waals surface area contributed by atoms with Gasteiger partial charge in [0.25, 0.3) is 10.0 Å². The summed E-state index contributed by atoms with van der Waals surface area (Å²) < 4.78 is 52.0. The summed E-state index contributed by atoms with van der Waals surface area (Å²) in [6.45, 7) is 0.156. The normalized spacial score (nSPS) is 20.0. The van der Waals surface area contributed by atoms with E-state index in [9.17, 15) is 16.8 Å². The van der Waals surface area contributed by atoms with Gasteiger partial charge in [0.05, 0.1) is 14.5 Å². The molecule has 23 heavy (non-hydrogen) atoms. The molecule has 1 atom stereocenters. The number of thiophene rings is 1. The lowest BCUT2D eigenvalue weighted by atomic mass is 10.4. The van der Waals surface area contributed by atoms with Crippen LogP contribution in [0.3, 0.4) is 0 Å². The molecule has 1 aromatic heterocycles. The zero-order valence-corrected chi connectivity index (χ0v) is 15.1. The van der Waals surface area contributed by atoms with Crippen molar-refractivity contribution in [1.29, 1.82) is 0 Å². The van der Waals surface area contributed by atoms with Gasteiger partial charge < -0.3 is 0 Å². The first-order valence-electron chi connectivity index (χ1n) is 6.86. The number of hydrogen-bond acceptors (Lipinski definition) is 5. The zero-order valence-electron chi connectivity index (χ0n) is 11.9. The van der Waals surface area contributed by atoms with Gasteiger partial charge in [-0.25, -0.2) is 16.8 Å². The minimum Gasteiger partial charge on any atom is -0.223 e. The SMILES string of the molecule is O=S(=O)(c1ccccc1)C1CCN(S(=O)(=O)c2ccc(Cl)s2)C1. The Morgan fingerprint density at radius 1 is 1.04 bits per heavy atom. The predicted molar refractivity (Wildman–Crippen MR) is 90.1 cm³/mol. The lowest BCUT2D eigenvalue weighted by Gasteiger charge is -2.15. The Kier molecular flexibility index (Phi) is 4.54. The highest BCUT2D eigenvalue weighted by molar-refractivity contribution is 7.92. The molecule has 0 N–H and O–H groups in total. The monoisotopic (exact) mass is 391 g/mol. The maximum Gasteiger partial charge on any atom is 0.252 e. The molecule has 1 unspecified atom stereocenters. The Bertz CT molecular complexity index is 907. The summed E-state index contributed by atoms with van der Waals surface area (Å²) in [7, 11) is -7.23. The number of sulfone groups is 1. The standard InChI is InChI=1S/C14H14ClNO4S3/c15-13-6-7-14(21-13)23(19,20)16-9-8-12(10-16)22(17,18)11-4-2-1-3-5-11/h1-7,12H,8-10H2. The van der Waals surface area contributed by atoms with Crippen molar-refractivity contribution in [2.24, 2.45) is 0 Å². The van der Waals surface area contributed by atoms with Crippen LogP contribution in [0.4, 0.5) is 0 Å². The zero-order chi connectivity index (χ0) is 16.7. The van der Waals surface area contributed by atoms with Crippen molar-refractivity contribution in [3.8, 4) is 0 Å². The van der Waals surface area contributed by atoms with Crippen molar-refractivity contribution in [1.82, 2.24) is 4.31 Å². The lowest BCUT2D eigenvalue weighted by Crippen LogP contribution is -2.31. The molecule has 1 saturated heterocycles. The van der Waals surface area contributed by atoms with Crippen LogP contribution < -0.4 is 0 Å². The highest BCUT2D eigenvalue weighted by atomic mass is 35.5. The van der Waals surface area contributed by atoms with Gasteiger partial charge in [0, 0.05) is 13.1 Å². The van der Waals surface area contributed by atoms with Crippen molar-refractivity contribution in [3.63, 3.8) is 0 Å². The Hall–Kier alpha value is -0.930. The van der Waals surface area contributed by atoms with E-state index in [0.717, 1.165) is 11.3 Å². The fraction of sp³-hybridized carbons (Fsp3) is 0.286. The molecule has 5 nitrogen and oxygen atoms in total. The van der Waals surface area contributed by atoms with Gasteiger partial charge in [0.15, 0.2) is 9.84 Å². The number of nitrogens with zero attached hydrogens (tertiary/aromatic N) is 1. The van der Waals surface area contributed by atoms with Crippen LogP contribution in [0.2, 0.25) is 4.34 Å². The average molecular weight is 392 g/mol. The Morgan fingerprint density at radius 3 is 2.35 bits per heavy atom. The summed E-state index contributed by atoms with van der Waals surface area (Å²) in [5.74, 6) is 0. The molecule has 0 bridgehead atoms. The van der Waals surface area contributed by atoms with Crippen LogP contribution in [0.25, 0.3) is 0 Å². The van der Waals surface area contributed by atoms with Crippen molar-refractivity contribution < 1.29 is 16.8 Å². The maximum absolute atomic E-state index is 12.6. The van der Waals surface area contributed by atoms with Crippen LogP contribution >= 0.6 is 22.9 Å². The highest BCUT2D eigenvalue weighted by Gasteiger charge is 2.39. The van der Waals surface area contributed by atoms with Gasteiger partial charge in [-0.1, -0.05) is 29.8 Å². The van der Waals surface area contributed by atoms with Gasteiger partial charge in [0.1, 0.15) is 4.21 Å². The van der Waals surface area contributed by atoms with E-state index in [2.05, 4.69) is 0 Å². The molecular weight excluding hydrogens is 378 g/mol. The van der Waals surface area contributed by atoms with Crippen LogP contribution in [-0.4, -0.2) is 39.5 Å². The van der Waals surface area contributed by atoms with E-state index in [0.29, 0.717) is 4.34 Å². The van der Waals surface area contributed by atoms with Gasteiger partial charge >= 0.3 is 0 Å². The molecule has 2 heterocycles. The highest BCUT2D eigenvalue weighted by Crippen LogP contribution is 2.32. The quantitative estimate of drug-likeness (QED) is 0.803. The van der Waals surface area contributed by atoms with Crippen molar-refractivity contribution in [3.05, 3.63) is 46.8 Å². The predicted octanol–water partition coefficient (Wildman–Crippen LogP) is 2.64. The summed E-state index contributed by atoms with van der Waals surface area (Å²) in [5.41, 5.74) is 0. The molecule has 0 amide bonds. The molecule has 2 aromatic rings. The van der Waals surface area contributed by atoms with Crippen molar-refractivity contribution >= 4 is 42.8 Å². The number of halogens is 1. The van der Waals surface area contributed by atoms with Crippen LogP contribution in [0.5, 0.6) is 0 Å². The summed E-state index contributed by atoms with van der Waals surface area (Å²) >= 11 is 6.77. The average Bonchev–Trinajstić information content (AvgIpc) is 3.18. The maximum atomic E-state index is 12.6. The van der Waals surface area contributed by atoms with Gasteiger partial charge in [0.2, 0.25) is 0 Å². The molecule has 0 spiro atoms. The molecule has 0 saturated carbocycles. The number of benzene rings is 1. The smallest absolute Gasteiger partial charge is 0.223 e.